The van der Waals surface area contributed by atoms with Gasteiger partial charge < -0.3 is 9.47 Å². The molecule has 0 radical (unpaired) electrons. The molecule has 17 heavy (non-hydrogen) atoms. The van der Waals surface area contributed by atoms with Crippen LogP contribution < -0.4 is 9.47 Å². The first-order valence-corrected chi connectivity index (χ1v) is 6.04. The molecule has 0 bridgehead atoms. The first-order valence-electron chi connectivity index (χ1n) is 6.04. The Morgan fingerprint density at radius 1 is 1.35 bits per heavy atom. The van der Waals surface area contributed by atoms with Gasteiger partial charge in [-0.25, -0.2) is 0 Å². The maximum absolute atomic E-state index is 8.82. The summed E-state index contributed by atoms with van der Waals surface area (Å²) >= 11 is 0. The van der Waals surface area contributed by atoms with Crippen LogP contribution in [0.5, 0.6) is 11.5 Å². The van der Waals surface area contributed by atoms with E-state index in [0.29, 0.717) is 6.42 Å². The lowest BCUT2D eigenvalue weighted by Gasteiger charge is -2.18. The van der Waals surface area contributed by atoms with Crippen LogP contribution in [0, 0.1) is 11.3 Å². The predicted molar refractivity (Wildman–Crippen MR) is 65.2 cm³/mol. The third-order valence-corrected chi connectivity index (χ3v) is 3.14. The first kappa shape index (κ1) is 11.8. The van der Waals surface area contributed by atoms with Crippen molar-refractivity contribution in [3.05, 3.63) is 23.8 Å². The summed E-state index contributed by atoms with van der Waals surface area (Å²) in [5.41, 5.74) is 0.916. The molecule has 1 aromatic rings. The second-order valence-electron chi connectivity index (χ2n) is 4.31. The van der Waals surface area contributed by atoms with Crippen LogP contribution in [0.1, 0.15) is 31.2 Å². The lowest BCUT2D eigenvalue weighted by molar-refractivity contribution is 0.199. The van der Waals surface area contributed by atoms with Crippen LogP contribution in [-0.2, 0) is 6.42 Å². The number of ether oxygens (including phenoxy) is 2. The van der Waals surface area contributed by atoms with Gasteiger partial charge in [0, 0.05) is 5.56 Å². The van der Waals surface area contributed by atoms with Gasteiger partial charge in [-0.3, -0.25) is 0 Å². The SMILES string of the molecule is COc1cccc(CC#N)c1OC1CCCC1. The van der Waals surface area contributed by atoms with Gasteiger partial charge in [-0.05, 0) is 31.7 Å². The van der Waals surface area contributed by atoms with Gasteiger partial charge in [0.2, 0.25) is 0 Å². The Morgan fingerprint density at radius 3 is 2.76 bits per heavy atom. The highest BCUT2D eigenvalue weighted by molar-refractivity contribution is 5.47. The van der Waals surface area contributed by atoms with Gasteiger partial charge in [-0.2, -0.15) is 5.26 Å². The molecule has 0 spiro atoms. The summed E-state index contributed by atoms with van der Waals surface area (Å²) in [7, 11) is 1.63. The van der Waals surface area contributed by atoms with Gasteiger partial charge in [-0.15, -0.1) is 0 Å². The fourth-order valence-corrected chi connectivity index (χ4v) is 2.25. The molecule has 3 heteroatoms. The van der Waals surface area contributed by atoms with Crippen molar-refractivity contribution in [1.82, 2.24) is 0 Å². The minimum Gasteiger partial charge on any atom is -0.493 e. The molecule has 0 amide bonds. The van der Waals surface area contributed by atoms with Crippen LogP contribution in [-0.4, -0.2) is 13.2 Å². The molecular weight excluding hydrogens is 214 g/mol. The van der Waals surface area contributed by atoms with Crippen LogP contribution in [0.3, 0.4) is 0 Å². The van der Waals surface area contributed by atoms with E-state index in [1.807, 2.05) is 18.2 Å². The number of hydrogen-bond donors (Lipinski definition) is 0. The molecule has 90 valence electrons. The van der Waals surface area contributed by atoms with Crippen LogP contribution in [0.2, 0.25) is 0 Å². The average Bonchev–Trinajstić information content (AvgIpc) is 2.84. The highest BCUT2D eigenvalue weighted by Crippen LogP contribution is 2.34. The molecule has 3 nitrogen and oxygen atoms in total. The fraction of sp³-hybridized carbons (Fsp3) is 0.500. The van der Waals surface area contributed by atoms with Crippen molar-refractivity contribution in [1.29, 1.82) is 5.26 Å². The topological polar surface area (TPSA) is 42.2 Å². The maximum atomic E-state index is 8.82. The highest BCUT2D eigenvalue weighted by Gasteiger charge is 2.20. The molecule has 1 aliphatic rings. The molecule has 0 saturated heterocycles. The summed E-state index contributed by atoms with van der Waals surface area (Å²) in [6.07, 6.45) is 5.30. The number of rotatable bonds is 4. The Balaban J connectivity index is 2.24. The molecule has 0 aromatic heterocycles. The van der Waals surface area contributed by atoms with Crippen molar-refractivity contribution >= 4 is 0 Å². The zero-order chi connectivity index (χ0) is 12.1. The van der Waals surface area contributed by atoms with Crippen molar-refractivity contribution in [2.24, 2.45) is 0 Å². The van der Waals surface area contributed by atoms with E-state index in [1.54, 1.807) is 7.11 Å². The Bertz CT molecular complexity index is 417. The molecular formula is C14H17NO2. The van der Waals surface area contributed by atoms with Gasteiger partial charge in [0.1, 0.15) is 0 Å². The van der Waals surface area contributed by atoms with Gasteiger partial charge in [0.25, 0.3) is 0 Å². The van der Waals surface area contributed by atoms with E-state index in [1.165, 1.54) is 12.8 Å². The van der Waals surface area contributed by atoms with E-state index in [2.05, 4.69) is 6.07 Å². The Hall–Kier alpha value is -1.69. The van der Waals surface area contributed by atoms with E-state index >= 15 is 0 Å². The largest absolute Gasteiger partial charge is 0.493 e. The molecule has 1 aliphatic carbocycles. The van der Waals surface area contributed by atoms with Crippen LogP contribution >= 0.6 is 0 Å². The van der Waals surface area contributed by atoms with Crippen molar-refractivity contribution < 1.29 is 9.47 Å². The summed E-state index contributed by atoms with van der Waals surface area (Å²) in [5.74, 6) is 1.48. The molecule has 1 saturated carbocycles. The van der Waals surface area contributed by atoms with Crippen LogP contribution in [0.15, 0.2) is 18.2 Å². The quantitative estimate of drug-likeness (QED) is 0.799. The predicted octanol–water partition coefficient (Wildman–Crippen LogP) is 3.08. The Labute approximate surface area is 102 Å². The molecule has 1 fully saturated rings. The molecule has 0 heterocycles. The van der Waals surface area contributed by atoms with Crippen LogP contribution in [0.4, 0.5) is 0 Å². The van der Waals surface area contributed by atoms with Crippen molar-refractivity contribution in [3.8, 4) is 17.6 Å². The summed E-state index contributed by atoms with van der Waals surface area (Å²) < 4.78 is 11.3. The van der Waals surface area contributed by atoms with Gasteiger partial charge >= 0.3 is 0 Å². The zero-order valence-corrected chi connectivity index (χ0v) is 10.1. The molecule has 0 unspecified atom stereocenters. The van der Waals surface area contributed by atoms with Crippen molar-refractivity contribution in [2.75, 3.05) is 7.11 Å². The van der Waals surface area contributed by atoms with Gasteiger partial charge in [0.05, 0.1) is 25.7 Å². The maximum Gasteiger partial charge on any atom is 0.165 e. The van der Waals surface area contributed by atoms with E-state index in [0.717, 1.165) is 29.9 Å². The second-order valence-corrected chi connectivity index (χ2v) is 4.31. The molecule has 0 aliphatic heterocycles. The minimum atomic E-state index is 0.281. The van der Waals surface area contributed by atoms with Gasteiger partial charge in [-0.1, -0.05) is 12.1 Å². The summed E-state index contributed by atoms with van der Waals surface area (Å²) in [6, 6.07) is 7.87. The standard InChI is InChI=1S/C14H17NO2/c1-16-13-8-4-5-11(9-10-15)14(13)17-12-6-2-3-7-12/h4-5,8,12H,2-3,6-7,9H2,1H3. The fourth-order valence-electron chi connectivity index (χ4n) is 2.25. The summed E-state index contributed by atoms with van der Waals surface area (Å²) in [5, 5.41) is 8.82. The molecule has 0 atom stereocenters. The lowest BCUT2D eigenvalue weighted by atomic mass is 10.1. The Kier molecular flexibility index (Phi) is 3.87. The number of methoxy groups -OCH3 is 1. The third kappa shape index (κ3) is 2.71. The Morgan fingerprint density at radius 2 is 2.12 bits per heavy atom. The molecule has 0 N–H and O–H groups in total. The number of benzene rings is 1. The zero-order valence-electron chi connectivity index (χ0n) is 10.1. The van der Waals surface area contributed by atoms with E-state index in [-0.39, 0.29) is 6.10 Å². The third-order valence-electron chi connectivity index (χ3n) is 3.14. The van der Waals surface area contributed by atoms with E-state index < -0.39 is 0 Å². The number of nitrogens with zero attached hydrogens (tertiary/aromatic N) is 1. The first-order chi connectivity index (χ1) is 8.35. The average molecular weight is 231 g/mol. The highest BCUT2D eigenvalue weighted by atomic mass is 16.5. The summed E-state index contributed by atoms with van der Waals surface area (Å²) in [4.78, 5) is 0. The minimum absolute atomic E-state index is 0.281. The lowest BCUT2D eigenvalue weighted by Crippen LogP contribution is -2.13. The smallest absolute Gasteiger partial charge is 0.165 e. The number of hydrogen-bond acceptors (Lipinski definition) is 3. The normalized spacial score (nSPS) is 15.5. The molecule has 1 aromatic carbocycles. The van der Waals surface area contributed by atoms with Gasteiger partial charge in [0.15, 0.2) is 11.5 Å². The van der Waals surface area contributed by atoms with E-state index in [9.17, 15) is 0 Å². The van der Waals surface area contributed by atoms with Crippen molar-refractivity contribution in [3.63, 3.8) is 0 Å². The summed E-state index contributed by atoms with van der Waals surface area (Å²) in [6.45, 7) is 0. The van der Waals surface area contributed by atoms with Crippen molar-refractivity contribution in [2.45, 2.75) is 38.2 Å². The molecule has 2 rings (SSSR count). The number of para-hydroxylation sites is 1. The van der Waals surface area contributed by atoms with Crippen LogP contribution in [0.25, 0.3) is 0 Å². The monoisotopic (exact) mass is 231 g/mol. The number of nitriles is 1. The van der Waals surface area contributed by atoms with E-state index in [4.69, 9.17) is 14.7 Å². The second kappa shape index (κ2) is 5.58.